The molecule has 0 aliphatic rings. The summed E-state index contributed by atoms with van der Waals surface area (Å²) >= 11 is 5.76. The quantitative estimate of drug-likeness (QED) is 0.743. The van der Waals surface area contributed by atoms with Gasteiger partial charge in [-0.15, -0.1) is 0 Å². The van der Waals surface area contributed by atoms with Crippen LogP contribution >= 0.6 is 11.6 Å². The van der Waals surface area contributed by atoms with Gasteiger partial charge in [0, 0.05) is 31.7 Å². The van der Waals surface area contributed by atoms with E-state index in [0.29, 0.717) is 10.6 Å². The Kier molecular flexibility index (Phi) is 3.85. The topological polar surface area (TPSA) is 35.5 Å². The molecule has 0 unspecified atom stereocenters. The predicted octanol–water partition coefficient (Wildman–Crippen LogP) is 2.37. The second kappa shape index (κ2) is 4.75. The maximum atomic E-state index is 11.5. The Balaban J connectivity index is 3.20. The molecule has 0 aliphatic heterocycles. The third-order valence-electron chi connectivity index (χ3n) is 2.26. The van der Waals surface area contributed by atoms with Crippen molar-refractivity contribution in [3.8, 4) is 0 Å². The minimum absolute atomic E-state index is 0.213. The molecule has 0 bridgehead atoms. The summed E-state index contributed by atoms with van der Waals surface area (Å²) in [6, 6.07) is 6.78. The van der Waals surface area contributed by atoms with E-state index in [-0.39, 0.29) is 5.78 Å². The van der Waals surface area contributed by atoms with Crippen molar-refractivity contribution in [2.24, 2.45) is 0 Å². The van der Waals surface area contributed by atoms with Crippen molar-refractivity contribution in [2.45, 2.75) is 12.7 Å². The predicted molar refractivity (Wildman–Crippen MR) is 57.8 cm³/mol. The van der Waals surface area contributed by atoms with Crippen molar-refractivity contribution in [3.05, 3.63) is 34.9 Å². The molecule has 4 heteroatoms. The van der Waals surface area contributed by atoms with E-state index < -0.39 is 5.79 Å². The van der Waals surface area contributed by atoms with Gasteiger partial charge in [-0.3, -0.25) is 4.79 Å². The van der Waals surface area contributed by atoms with Gasteiger partial charge in [0.1, 0.15) is 0 Å². The van der Waals surface area contributed by atoms with Crippen LogP contribution in [0.1, 0.15) is 12.5 Å². The highest BCUT2D eigenvalue weighted by Gasteiger charge is 2.37. The smallest absolute Gasteiger partial charge is 0.255 e. The van der Waals surface area contributed by atoms with Crippen LogP contribution in [0.15, 0.2) is 24.3 Å². The molecule has 0 saturated carbocycles. The Labute approximate surface area is 93.9 Å². The summed E-state index contributed by atoms with van der Waals surface area (Å²) in [6.07, 6.45) is 0. The standard InChI is InChI=1S/C11H13ClO3/c1-8(13)11(14-2,15-3)9-4-6-10(12)7-5-9/h4-7H,1-3H3. The van der Waals surface area contributed by atoms with Gasteiger partial charge >= 0.3 is 0 Å². The average molecular weight is 229 g/mol. The van der Waals surface area contributed by atoms with E-state index in [2.05, 4.69) is 0 Å². The number of methoxy groups -OCH3 is 2. The number of ketones is 1. The summed E-state index contributed by atoms with van der Waals surface area (Å²) in [5.74, 6) is -1.54. The van der Waals surface area contributed by atoms with Crippen LogP contribution in [0, 0.1) is 0 Å². The van der Waals surface area contributed by atoms with Gasteiger partial charge in [0.15, 0.2) is 5.78 Å². The molecular weight excluding hydrogens is 216 g/mol. The van der Waals surface area contributed by atoms with E-state index in [1.54, 1.807) is 24.3 Å². The second-order valence-electron chi connectivity index (χ2n) is 3.09. The van der Waals surface area contributed by atoms with Gasteiger partial charge in [-0.25, -0.2) is 0 Å². The maximum Gasteiger partial charge on any atom is 0.255 e. The number of Topliss-reactive ketones (excluding diaryl/α,β-unsaturated/α-hetero) is 1. The lowest BCUT2D eigenvalue weighted by molar-refractivity contribution is -0.211. The largest absolute Gasteiger partial charge is 0.343 e. The summed E-state index contributed by atoms with van der Waals surface area (Å²) in [4.78, 5) is 11.5. The first-order valence-corrected chi connectivity index (χ1v) is 4.82. The van der Waals surface area contributed by atoms with Gasteiger partial charge in [-0.2, -0.15) is 0 Å². The molecule has 0 aromatic heterocycles. The van der Waals surface area contributed by atoms with E-state index in [9.17, 15) is 4.79 Å². The number of rotatable bonds is 4. The summed E-state index contributed by atoms with van der Waals surface area (Å²) in [5.41, 5.74) is 0.629. The molecule has 0 saturated heterocycles. The number of hydrogen-bond donors (Lipinski definition) is 0. The SMILES string of the molecule is COC(OC)(C(C)=O)c1ccc(Cl)cc1. The van der Waals surface area contributed by atoms with E-state index in [1.165, 1.54) is 21.1 Å². The summed E-state index contributed by atoms with van der Waals surface area (Å²) < 4.78 is 10.3. The zero-order valence-corrected chi connectivity index (χ0v) is 9.67. The Morgan fingerprint density at radius 1 is 1.20 bits per heavy atom. The van der Waals surface area contributed by atoms with Gasteiger partial charge < -0.3 is 9.47 Å². The monoisotopic (exact) mass is 228 g/mol. The van der Waals surface area contributed by atoms with Crippen LogP contribution in [0.4, 0.5) is 0 Å². The van der Waals surface area contributed by atoms with Crippen LogP contribution in [-0.2, 0) is 20.1 Å². The molecule has 82 valence electrons. The lowest BCUT2D eigenvalue weighted by Gasteiger charge is -2.28. The number of halogens is 1. The molecule has 0 spiro atoms. The molecule has 0 N–H and O–H groups in total. The van der Waals surface area contributed by atoms with Gasteiger partial charge in [-0.05, 0) is 12.1 Å². The molecule has 0 aliphatic carbocycles. The average Bonchev–Trinajstić information content (AvgIpc) is 2.22. The van der Waals surface area contributed by atoms with Crippen molar-refractivity contribution < 1.29 is 14.3 Å². The zero-order chi connectivity index (χ0) is 11.5. The molecule has 15 heavy (non-hydrogen) atoms. The molecular formula is C11H13ClO3. The molecule has 0 fully saturated rings. The summed E-state index contributed by atoms with van der Waals surface area (Å²) in [6.45, 7) is 1.42. The molecule has 0 atom stereocenters. The molecule has 1 aromatic rings. The third-order valence-corrected chi connectivity index (χ3v) is 2.51. The van der Waals surface area contributed by atoms with Gasteiger partial charge in [0.2, 0.25) is 0 Å². The highest BCUT2D eigenvalue weighted by atomic mass is 35.5. The first kappa shape index (κ1) is 12.2. The fourth-order valence-electron chi connectivity index (χ4n) is 1.48. The van der Waals surface area contributed by atoms with Crippen molar-refractivity contribution in [1.82, 2.24) is 0 Å². The van der Waals surface area contributed by atoms with Gasteiger partial charge in [0.05, 0.1) is 0 Å². The van der Waals surface area contributed by atoms with Crippen molar-refractivity contribution in [3.63, 3.8) is 0 Å². The van der Waals surface area contributed by atoms with E-state index in [0.717, 1.165) is 0 Å². The fraction of sp³-hybridized carbons (Fsp3) is 0.364. The first-order valence-electron chi connectivity index (χ1n) is 4.44. The molecule has 1 aromatic carbocycles. The lowest BCUT2D eigenvalue weighted by atomic mass is 10.0. The van der Waals surface area contributed by atoms with Crippen LogP contribution in [-0.4, -0.2) is 20.0 Å². The highest BCUT2D eigenvalue weighted by Crippen LogP contribution is 2.28. The fourth-order valence-corrected chi connectivity index (χ4v) is 1.61. The summed E-state index contributed by atoms with van der Waals surface area (Å²) in [7, 11) is 2.86. The van der Waals surface area contributed by atoms with Crippen molar-refractivity contribution in [1.29, 1.82) is 0 Å². The van der Waals surface area contributed by atoms with Crippen LogP contribution in [0.3, 0.4) is 0 Å². The van der Waals surface area contributed by atoms with E-state index >= 15 is 0 Å². The number of carbonyl (C=O) groups is 1. The lowest BCUT2D eigenvalue weighted by Crippen LogP contribution is -2.38. The Bertz CT molecular complexity index is 341. The Morgan fingerprint density at radius 3 is 2.00 bits per heavy atom. The molecule has 3 nitrogen and oxygen atoms in total. The van der Waals surface area contributed by atoms with Crippen molar-refractivity contribution in [2.75, 3.05) is 14.2 Å². The number of carbonyl (C=O) groups excluding carboxylic acids is 1. The maximum absolute atomic E-state index is 11.5. The minimum Gasteiger partial charge on any atom is -0.343 e. The molecule has 0 amide bonds. The van der Waals surface area contributed by atoms with Gasteiger partial charge in [-0.1, -0.05) is 23.7 Å². The molecule has 0 heterocycles. The van der Waals surface area contributed by atoms with Crippen molar-refractivity contribution >= 4 is 17.4 Å². The van der Waals surface area contributed by atoms with Gasteiger partial charge in [0.25, 0.3) is 5.79 Å². The van der Waals surface area contributed by atoms with Crippen LogP contribution in [0.5, 0.6) is 0 Å². The number of ether oxygens (including phenoxy) is 2. The van der Waals surface area contributed by atoms with E-state index in [1.807, 2.05) is 0 Å². The third kappa shape index (κ3) is 2.20. The minimum atomic E-state index is -1.33. The van der Waals surface area contributed by atoms with Crippen LogP contribution in [0.2, 0.25) is 5.02 Å². The number of hydrogen-bond acceptors (Lipinski definition) is 3. The zero-order valence-electron chi connectivity index (χ0n) is 8.91. The normalized spacial score (nSPS) is 11.5. The molecule has 0 radical (unpaired) electrons. The number of benzene rings is 1. The second-order valence-corrected chi connectivity index (χ2v) is 3.52. The highest BCUT2D eigenvalue weighted by molar-refractivity contribution is 6.30. The Hall–Kier alpha value is -0.900. The Morgan fingerprint density at radius 2 is 1.67 bits per heavy atom. The molecule has 1 rings (SSSR count). The first-order chi connectivity index (χ1) is 7.06. The summed E-state index contributed by atoms with van der Waals surface area (Å²) in [5, 5.41) is 0.600. The van der Waals surface area contributed by atoms with E-state index in [4.69, 9.17) is 21.1 Å². The van der Waals surface area contributed by atoms with Crippen LogP contribution < -0.4 is 0 Å². The van der Waals surface area contributed by atoms with Crippen LogP contribution in [0.25, 0.3) is 0 Å².